The Balaban J connectivity index is 1.66. The third-order valence-electron chi connectivity index (χ3n) is 4.27. The molecule has 1 amide bonds. The first-order valence-electron chi connectivity index (χ1n) is 7.88. The topological polar surface area (TPSA) is 20.3 Å². The minimum Gasteiger partial charge on any atom is -0.335 e. The van der Waals surface area contributed by atoms with E-state index >= 15 is 0 Å². The number of aryl methyl sites for hydroxylation is 1. The van der Waals surface area contributed by atoms with Crippen LogP contribution in [0, 0.1) is 12.7 Å². The number of thioether (sulfide) groups is 1. The van der Waals surface area contributed by atoms with E-state index in [-0.39, 0.29) is 17.8 Å². The standard InChI is InChI=1S/C19H20FNOS/c1-14-5-2-3-7-18(14)23-13-19(22)21-12-4-6-17(21)15-8-10-16(20)11-9-15/h2-3,5,7-11,17H,4,6,12-13H2,1H3. The van der Waals surface area contributed by atoms with Crippen LogP contribution in [0.1, 0.15) is 30.0 Å². The molecule has 1 fully saturated rings. The number of amides is 1. The maximum atomic E-state index is 13.1. The maximum Gasteiger partial charge on any atom is 0.233 e. The summed E-state index contributed by atoms with van der Waals surface area (Å²) in [7, 11) is 0. The van der Waals surface area contributed by atoms with Gasteiger partial charge in [-0.25, -0.2) is 4.39 Å². The molecule has 2 nitrogen and oxygen atoms in total. The summed E-state index contributed by atoms with van der Waals surface area (Å²) in [5.74, 6) is 0.368. The van der Waals surface area contributed by atoms with Crippen molar-refractivity contribution in [2.24, 2.45) is 0 Å². The van der Waals surface area contributed by atoms with Gasteiger partial charge in [0.15, 0.2) is 0 Å². The molecule has 1 aliphatic heterocycles. The number of hydrogen-bond donors (Lipinski definition) is 0. The second-order valence-electron chi connectivity index (χ2n) is 5.85. The van der Waals surface area contributed by atoms with Gasteiger partial charge in [-0.05, 0) is 49.1 Å². The van der Waals surface area contributed by atoms with E-state index in [1.807, 2.05) is 17.0 Å². The quantitative estimate of drug-likeness (QED) is 0.765. The van der Waals surface area contributed by atoms with Gasteiger partial charge in [0.2, 0.25) is 5.91 Å². The second kappa shape index (κ2) is 7.18. The molecule has 0 N–H and O–H groups in total. The summed E-state index contributed by atoms with van der Waals surface area (Å²) in [6, 6.07) is 14.7. The normalized spacial score (nSPS) is 17.5. The number of rotatable bonds is 4. The van der Waals surface area contributed by atoms with Gasteiger partial charge in [0.1, 0.15) is 5.82 Å². The van der Waals surface area contributed by atoms with Crippen LogP contribution in [0.5, 0.6) is 0 Å². The summed E-state index contributed by atoms with van der Waals surface area (Å²) in [5.41, 5.74) is 2.22. The summed E-state index contributed by atoms with van der Waals surface area (Å²) in [6.45, 7) is 2.85. The van der Waals surface area contributed by atoms with E-state index in [0.717, 1.165) is 29.8 Å². The lowest BCUT2D eigenvalue weighted by Gasteiger charge is -2.25. The van der Waals surface area contributed by atoms with Crippen molar-refractivity contribution < 1.29 is 9.18 Å². The number of nitrogens with zero attached hydrogens (tertiary/aromatic N) is 1. The summed E-state index contributed by atoms with van der Waals surface area (Å²) in [5, 5.41) is 0. The number of hydrogen-bond acceptors (Lipinski definition) is 2. The molecule has 0 spiro atoms. The largest absolute Gasteiger partial charge is 0.335 e. The van der Waals surface area contributed by atoms with Gasteiger partial charge in [-0.15, -0.1) is 11.8 Å². The van der Waals surface area contributed by atoms with Crippen LogP contribution in [0.2, 0.25) is 0 Å². The molecular weight excluding hydrogens is 309 g/mol. The molecule has 3 rings (SSSR count). The van der Waals surface area contributed by atoms with Crippen LogP contribution in [0.25, 0.3) is 0 Å². The molecule has 2 aromatic carbocycles. The molecule has 0 radical (unpaired) electrons. The first kappa shape index (κ1) is 16.1. The van der Waals surface area contributed by atoms with Gasteiger partial charge in [-0.3, -0.25) is 4.79 Å². The lowest BCUT2D eigenvalue weighted by Crippen LogP contribution is -2.32. The minimum atomic E-state index is -0.236. The van der Waals surface area contributed by atoms with E-state index in [9.17, 15) is 9.18 Å². The zero-order chi connectivity index (χ0) is 16.2. The highest BCUT2D eigenvalue weighted by Crippen LogP contribution is 2.33. The van der Waals surface area contributed by atoms with E-state index in [1.165, 1.54) is 17.7 Å². The minimum absolute atomic E-state index is 0.0839. The Hall–Kier alpha value is -1.81. The summed E-state index contributed by atoms with van der Waals surface area (Å²) in [4.78, 5) is 15.7. The fourth-order valence-corrected chi connectivity index (χ4v) is 3.95. The lowest BCUT2D eigenvalue weighted by atomic mass is 10.0. The zero-order valence-corrected chi connectivity index (χ0v) is 14.0. The van der Waals surface area contributed by atoms with Gasteiger partial charge < -0.3 is 4.90 Å². The van der Waals surface area contributed by atoms with E-state index in [1.54, 1.807) is 23.9 Å². The third kappa shape index (κ3) is 3.75. The van der Waals surface area contributed by atoms with Crippen molar-refractivity contribution in [2.75, 3.05) is 12.3 Å². The number of likely N-dealkylation sites (tertiary alicyclic amines) is 1. The predicted molar refractivity (Wildman–Crippen MR) is 92.0 cm³/mol. The van der Waals surface area contributed by atoms with E-state index in [2.05, 4.69) is 19.1 Å². The fourth-order valence-electron chi connectivity index (χ4n) is 3.04. The predicted octanol–water partition coefficient (Wildman–Crippen LogP) is 4.59. The van der Waals surface area contributed by atoms with Crippen molar-refractivity contribution in [1.29, 1.82) is 0 Å². The van der Waals surface area contributed by atoms with Crippen molar-refractivity contribution in [3.05, 3.63) is 65.5 Å². The van der Waals surface area contributed by atoms with Crippen LogP contribution < -0.4 is 0 Å². The van der Waals surface area contributed by atoms with E-state index in [4.69, 9.17) is 0 Å². The van der Waals surface area contributed by atoms with Crippen molar-refractivity contribution >= 4 is 17.7 Å². The van der Waals surface area contributed by atoms with Crippen LogP contribution >= 0.6 is 11.8 Å². The maximum absolute atomic E-state index is 13.1. The number of carbonyl (C=O) groups excluding carboxylic acids is 1. The Kier molecular flexibility index (Phi) is 5.01. The van der Waals surface area contributed by atoms with Gasteiger partial charge in [-0.2, -0.15) is 0 Å². The van der Waals surface area contributed by atoms with E-state index in [0.29, 0.717) is 5.75 Å². The molecule has 4 heteroatoms. The Labute approximate surface area is 140 Å². The fraction of sp³-hybridized carbons (Fsp3) is 0.316. The smallest absolute Gasteiger partial charge is 0.233 e. The van der Waals surface area contributed by atoms with Crippen molar-refractivity contribution in [3.63, 3.8) is 0 Å². The van der Waals surface area contributed by atoms with Crippen LogP contribution in [0.4, 0.5) is 4.39 Å². The van der Waals surface area contributed by atoms with E-state index < -0.39 is 0 Å². The van der Waals surface area contributed by atoms with Gasteiger partial charge in [0.25, 0.3) is 0 Å². The zero-order valence-electron chi connectivity index (χ0n) is 13.2. The Morgan fingerprint density at radius 1 is 1.22 bits per heavy atom. The average Bonchev–Trinajstić information content (AvgIpc) is 3.04. The Bertz CT molecular complexity index is 686. The molecule has 0 bridgehead atoms. The number of benzene rings is 2. The van der Waals surface area contributed by atoms with Crippen LogP contribution in [-0.4, -0.2) is 23.1 Å². The van der Waals surface area contributed by atoms with Gasteiger partial charge in [0, 0.05) is 11.4 Å². The monoisotopic (exact) mass is 329 g/mol. The van der Waals surface area contributed by atoms with Crippen molar-refractivity contribution in [1.82, 2.24) is 4.90 Å². The molecule has 0 saturated carbocycles. The first-order valence-corrected chi connectivity index (χ1v) is 8.87. The average molecular weight is 329 g/mol. The number of carbonyl (C=O) groups is 1. The summed E-state index contributed by atoms with van der Waals surface area (Å²) in [6.07, 6.45) is 1.95. The lowest BCUT2D eigenvalue weighted by molar-refractivity contribution is -0.129. The summed E-state index contributed by atoms with van der Waals surface area (Å²) >= 11 is 1.59. The first-order chi connectivity index (χ1) is 11.1. The highest BCUT2D eigenvalue weighted by atomic mass is 32.2. The molecular formula is C19H20FNOS. The highest BCUT2D eigenvalue weighted by molar-refractivity contribution is 8.00. The molecule has 120 valence electrons. The summed E-state index contributed by atoms with van der Waals surface area (Å²) < 4.78 is 13.1. The molecule has 1 aliphatic rings. The van der Waals surface area contributed by atoms with Crippen molar-refractivity contribution in [2.45, 2.75) is 30.7 Å². The van der Waals surface area contributed by atoms with Crippen molar-refractivity contribution in [3.8, 4) is 0 Å². The second-order valence-corrected chi connectivity index (χ2v) is 6.87. The molecule has 23 heavy (non-hydrogen) atoms. The SMILES string of the molecule is Cc1ccccc1SCC(=O)N1CCCC1c1ccc(F)cc1. The molecule has 0 aromatic heterocycles. The van der Waals surface area contributed by atoms with Crippen LogP contribution in [0.3, 0.4) is 0 Å². The van der Waals surface area contributed by atoms with Gasteiger partial charge in [0.05, 0.1) is 11.8 Å². The van der Waals surface area contributed by atoms with Gasteiger partial charge in [-0.1, -0.05) is 30.3 Å². The molecule has 2 aromatic rings. The molecule has 1 unspecified atom stereocenters. The molecule has 1 saturated heterocycles. The van der Waals surface area contributed by atoms with Gasteiger partial charge >= 0.3 is 0 Å². The highest BCUT2D eigenvalue weighted by Gasteiger charge is 2.29. The van der Waals surface area contributed by atoms with Crippen LogP contribution in [-0.2, 0) is 4.79 Å². The molecule has 1 atom stereocenters. The Morgan fingerprint density at radius 2 is 1.96 bits per heavy atom. The third-order valence-corrected chi connectivity index (χ3v) is 5.43. The molecule has 1 heterocycles. The Morgan fingerprint density at radius 3 is 2.70 bits per heavy atom. The van der Waals surface area contributed by atoms with Crippen LogP contribution in [0.15, 0.2) is 53.4 Å². The number of halogens is 1. The molecule has 0 aliphatic carbocycles.